The van der Waals surface area contributed by atoms with Crippen molar-refractivity contribution in [3.05, 3.63) is 82.9 Å². The SMILES string of the molecule is N=C(N)c1ccc2c(c1)CCC(c1nc3ccc(OCCO)cc3s1)N2[S+]([O-])c1ccccc1. The average Bonchev–Trinajstić information content (AvgIpc) is 3.29. The van der Waals surface area contributed by atoms with E-state index < -0.39 is 11.4 Å². The number of aryl methyl sites for hydroxylation is 1. The van der Waals surface area contributed by atoms with Crippen LogP contribution < -0.4 is 14.8 Å². The highest BCUT2D eigenvalue weighted by atomic mass is 32.2. The van der Waals surface area contributed by atoms with Crippen molar-refractivity contribution in [3.63, 3.8) is 0 Å². The van der Waals surface area contributed by atoms with Crippen LogP contribution in [0.5, 0.6) is 5.75 Å². The maximum atomic E-state index is 13.9. The summed E-state index contributed by atoms with van der Waals surface area (Å²) in [5, 5.41) is 17.7. The highest BCUT2D eigenvalue weighted by Crippen LogP contribution is 2.44. The molecular weight excluding hydrogens is 468 g/mol. The number of nitrogen functional groups attached to an aromatic ring is 1. The third-order valence-electron chi connectivity index (χ3n) is 5.74. The molecule has 0 aliphatic carbocycles. The lowest BCUT2D eigenvalue weighted by Gasteiger charge is -2.36. The van der Waals surface area contributed by atoms with Crippen molar-refractivity contribution >= 4 is 44.4 Å². The number of anilines is 1. The van der Waals surface area contributed by atoms with E-state index in [9.17, 15) is 4.55 Å². The van der Waals surface area contributed by atoms with E-state index in [0.29, 0.717) is 11.3 Å². The van der Waals surface area contributed by atoms with Crippen LogP contribution in [-0.2, 0) is 17.8 Å². The van der Waals surface area contributed by atoms with Gasteiger partial charge in [0.15, 0.2) is 4.90 Å². The van der Waals surface area contributed by atoms with Gasteiger partial charge in [0.2, 0.25) is 0 Å². The predicted molar refractivity (Wildman–Crippen MR) is 136 cm³/mol. The zero-order valence-electron chi connectivity index (χ0n) is 18.3. The number of ether oxygens (including phenoxy) is 1. The molecule has 4 aromatic rings. The molecule has 1 aliphatic heterocycles. The molecule has 0 fully saturated rings. The summed E-state index contributed by atoms with van der Waals surface area (Å²) in [5.74, 6) is 0.707. The molecule has 2 atom stereocenters. The standard InChI is InChI=1S/C25H24N4O3S2/c26-24(27)17-7-10-21-16(14-17)6-11-22(29(21)34(31)19-4-2-1-3-5-19)25-28-20-9-8-18(32-13-12-30)15-23(20)33-25/h1-5,7-10,14-15,22,30H,6,11-13H2,(H3,26,27). The van der Waals surface area contributed by atoms with Crippen LogP contribution in [0.4, 0.5) is 5.69 Å². The van der Waals surface area contributed by atoms with Gasteiger partial charge in [-0.2, -0.15) is 4.31 Å². The fourth-order valence-electron chi connectivity index (χ4n) is 4.14. The second-order valence-electron chi connectivity index (χ2n) is 7.95. The Labute approximate surface area is 204 Å². The molecule has 9 heteroatoms. The lowest BCUT2D eigenvalue weighted by atomic mass is 9.96. The number of nitrogens with zero attached hydrogens (tertiary/aromatic N) is 2. The molecule has 2 heterocycles. The van der Waals surface area contributed by atoms with E-state index >= 15 is 0 Å². The Morgan fingerprint density at radius 1 is 1.21 bits per heavy atom. The van der Waals surface area contributed by atoms with Gasteiger partial charge < -0.3 is 20.1 Å². The molecule has 1 aromatic heterocycles. The Morgan fingerprint density at radius 3 is 2.79 bits per heavy atom. The van der Waals surface area contributed by atoms with E-state index in [1.165, 1.54) is 0 Å². The summed E-state index contributed by atoms with van der Waals surface area (Å²) in [4.78, 5) is 5.61. The first kappa shape index (κ1) is 22.7. The average molecular weight is 493 g/mol. The molecule has 174 valence electrons. The van der Waals surface area contributed by atoms with Crippen molar-refractivity contribution in [2.45, 2.75) is 23.8 Å². The van der Waals surface area contributed by atoms with Gasteiger partial charge in [-0.25, -0.2) is 4.98 Å². The van der Waals surface area contributed by atoms with Crippen molar-refractivity contribution in [2.75, 3.05) is 17.5 Å². The molecule has 0 saturated heterocycles. The molecular formula is C25H24N4O3S2. The molecule has 0 radical (unpaired) electrons. The van der Waals surface area contributed by atoms with Gasteiger partial charge in [0.1, 0.15) is 40.6 Å². The summed E-state index contributed by atoms with van der Waals surface area (Å²) >= 11 is 0.120. The Morgan fingerprint density at radius 2 is 2.03 bits per heavy atom. The number of aliphatic hydroxyl groups is 1. The molecule has 3 aromatic carbocycles. The van der Waals surface area contributed by atoms with Crippen LogP contribution in [0.1, 0.15) is 28.6 Å². The number of amidine groups is 1. The van der Waals surface area contributed by atoms with Crippen LogP contribution in [0.2, 0.25) is 0 Å². The van der Waals surface area contributed by atoms with Crippen molar-refractivity contribution < 1.29 is 14.4 Å². The molecule has 2 unspecified atom stereocenters. The van der Waals surface area contributed by atoms with Gasteiger partial charge in [-0.15, -0.1) is 11.3 Å². The van der Waals surface area contributed by atoms with E-state index in [1.54, 1.807) is 11.3 Å². The molecule has 0 amide bonds. The fraction of sp³-hybridized carbons (Fsp3) is 0.200. The largest absolute Gasteiger partial charge is 0.588 e. The lowest BCUT2D eigenvalue weighted by Crippen LogP contribution is -2.38. The number of nitrogens with one attached hydrogen (secondary N) is 1. The number of thiazole rings is 1. The molecule has 7 nitrogen and oxygen atoms in total. The van der Waals surface area contributed by atoms with E-state index in [0.717, 1.165) is 44.2 Å². The number of benzene rings is 3. The van der Waals surface area contributed by atoms with Crippen molar-refractivity contribution in [1.29, 1.82) is 5.41 Å². The molecule has 0 saturated carbocycles. The zero-order valence-corrected chi connectivity index (χ0v) is 19.9. The zero-order chi connectivity index (χ0) is 23.7. The summed E-state index contributed by atoms with van der Waals surface area (Å²) < 4.78 is 22.3. The van der Waals surface area contributed by atoms with Gasteiger partial charge in [0.05, 0.1) is 22.5 Å². The van der Waals surface area contributed by atoms with E-state index in [2.05, 4.69) is 0 Å². The van der Waals surface area contributed by atoms with Crippen LogP contribution in [-0.4, -0.2) is 33.7 Å². The third kappa shape index (κ3) is 4.35. The Kier molecular flexibility index (Phi) is 6.42. The monoisotopic (exact) mass is 492 g/mol. The summed E-state index contributed by atoms with van der Waals surface area (Å²) in [6, 6.07) is 20.6. The summed E-state index contributed by atoms with van der Waals surface area (Å²) in [6.07, 6.45) is 1.50. The minimum Gasteiger partial charge on any atom is -0.588 e. The number of hydrogen-bond donors (Lipinski definition) is 3. The maximum Gasteiger partial charge on any atom is 0.180 e. The first-order chi connectivity index (χ1) is 16.5. The van der Waals surface area contributed by atoms with E-state index in [-0.39, 0.29) is 25.1 Å². The highest BCUT2D eigenvalue weighted by molar-refractivity contribution is 7.92. The number of nitrogens with two attached hydrogens (primary N) is 1. The van der Waals surface area contributed by atoms with Gasteiger partial charge in [-0.05, 0) is 66.9 Å². The number of aromatic nitrogens is 1. The van der Waals surface area contributed by atoms with Crippen molar-refractivity contribution in [1.82, 2.24) is 4.98 Å². The van der Waals surface area contributed by atoms with Crippen LogP contribution >= 0.6 is 11.3 Å². The molecule has 0 bridgehead atoms. The van der Waals surface area contributed by atoms with Gasteiger partial charge in [0, 0.05) is 5.56 Å². The van der Waals surface area contributed by atoms with Gasteiger partial charge in [-0.1, -0.05) is 18.2 Å². The lowest BCUT2D eigenvalue weighted by molar-refractivity contribution is 0.201. The van der Waals surface area contributed by atoms with Crippen LogP contribution in [0.3, 0.4) is 0 Å². The topological polar surface area (TPSA) is 119 Å². The Balaban J connectivity index is 1.57. The number of hydrogen-bond acceptors (Lipinski definition) is 7. The van der Waals surface area contributed by atoms with Gasteiger partial charge in [0.25, 0.3) is 0 Å². The van der Waals surface area contributed by atoms with Crippen molar-refractivity contribution in [3.8, 4) is 5.75 Å². The Hall–Kier alpha value is -3.11. The molecule has 4 N–H and O–H groups in total. The quantitative estimate of drug-likeness (QED) is 0.202. The summed E-state index contributed by atoms with van der Waals surface area (Å²) in [6.45, 7) is 0.196. The molecule has 0 spiro atoms. The van der Waals surface area contributed by atoms with Gasteiger partial charge in [-0.3, -0.25) is 5.41 Å². The fourth-order valence-corrected chi connectivity index (χ4v) is 6.74. The summed E-state index contributed by atoms with van der Waals surface area (Å²) in [7, 11) is 0. The smallest absolute Gasteiger partial charge is 0.180 e. The predicted octanol–water partition coefficient (Wildman–Crippen LogP) is 4.17. The minimum atomic E-state index is -1.45. The third-order valence-corrected chi connectivity index (χ3v) is 8.35. The van der Waals surface area contributed by atoms with Crippen LogP contribution in [0.25, 0.3) is 10.2 Å². The molecule has 5 rings (SSSR count). The first-order valence-corrected chi connectivity index (χ1v) is 12.8. The van der Waals surface area contributed by atoms with Crippen molar-refractivity contribution in [2.24, 2.45) is 5.73 Å². The van der Waals surface area contributed by atoms with Crippen LogP contribution in [0, 0.1) is 5.41 Å². The first-order valence-electron chi connectivity index (χ1n) is 10.9. The Bertz CT molecular complexity index is 1330. The maximum absolute atomic E-state index is 13.9. The number of aliphatic hydroxyl groups excluding tert-OH is 1. The van der Waals surface area contributed by atoms with Gasteiger partial charge >= 0.3 is 0 Å². The van der Waals surface area contributed by atoms with E-state index in [1.807, 2.05) is 71.0 Å². The molecule has 1 aliphatic rings. The molecule has 34 heavy (non-hydrogen) atoms. The van der Waals surface area contributed by atoms with Crippen LogP contribution in [0.15, 0.2) is 71.6 Å². The normalized spacial score (nSPS) is 16.3. The number of fused-ring (bicyclic) bond motifs is 2. The highest BCUT2D eigenvalue weighted by Gasteiger charge is 2.38. The second-order valence-corrected chi connectivity index (χ2v) is 10.4. The summed E-state index contributed by atoms with van der Waals surface area (Å²) in [5.41, 5.74) is 9.13. The van der Waals surface area contributed by atoms with E-state index in [4.69, 9.17) is 26.0 Å². The second kappa shape index (κ2) is 9.63. The number of rotatable bonds is 7. The minimum absolute atomic E-state index is 0.0195.